The number of nitro benzene ring substituents is 1. The molecule has 3 aromatic carbocycles. The molecule has 0 N–H and O–H groups in total. The Morgan fingerprint density at radius 1 is 0.879 bits per heavy atom. The van der Waals surface area contributed by atoms with Gasteiger partial charge in [-0.2, -0.15) is 0 Å². The summed E-state index contributed by atoms with van der Waals surface area (Å²) < 4.78 is 0. The molecule has 1 saturated heterocycles. The van der Waals surface area contributed by atoms with E-state index in [-0.39, 0.29) is 29.0 Å². The molecule has 0 radical (unpaired) electrons. The molecule has 0 spiro atoms. The highest BCUT2D eigenvalue weighted by atomic mass is 16.6. The number of hydrogen-bond donors (Lipinski definition) is 0. The summed E-state index contributed by atoms with van der Waals surface area (Å²) in [5, 5.41) is 11.1. The summed E-state index contributed by atoms with van der Waals surface area (Å²) in [6.07, 6.45) is 0. The summed E-state index contributed by atoms with van der Waals surface area (Å²) in [6, 6.07) is 20.5. The molecule has 1 aliphatic heterocycles. The minimum absolute atomic E-state index is 0.129. The third-order valence-electron chi connectivity index (χ3n) is 7.49. The highest BCUT2D eigenvalue weighted by Crippen LogP contribution is 2.64. The van der Waals surface area contributed by atoms with Gasteiger partial charge in [0.1, 0.15) is 5.78 Å². The van der Waals surface area contributed by atoms with E-state index < -0.39 is 28.1 Å². The SMILES string of the molecule is CC(=O)C12c3ccccc3C(c3ccccc31)[C@H]1C(=O)N(c3ccc([N+](=O)[O-])cc3)C(=O)[C@H]12. The number of rotatable bonds is 3. The van der Waals surface area contributed by atoms with Gasteiger partial charge in [0.25, 0.3) is 5.69 Å². The molecule has 3 aliphatic carbocycles. The molecule has 0 saturated carbocycles. The predicted octanol–water partition coefficient (Wildman–Crippen LogP) is 3.73. The monoisotopic (exact) mass is 438 g/mol. The van der Waals surface area contributed by atoms with Crippen LogP contribution < -0.4 is 4.90 Å². The lowest BCUT2D eigenvalue weighted by molar-refractivity contribution is -0.384. The van der Waals surface area contributed by atoms with Crippen LogP contribution in [0.5, 0.6) is 0 Å². The van der Waals surface area contributed by atoms with Crippen LogP contribution in [-0.4, -0.2) is 22.5 Å². The van der Waals surface area contributed by atoms with Gasteiger partial charge < -0.3 is 0 Å². The average Bonchev–Trinajstić information content (AvgIpc) is 3.09. The Bertz CT molecular complexity index is 1350. The topological polar surface area (TPSA) is 97.6 Å². The summed E-state index contributed by atoms with van der Waals surface area (Å²) in [7, 11) is 0. The number of nitro groups is 1. The van der Waals surface area contributed by atoms with Gasteiger partial charge in [0.05, 0.1) is 27.9 Å². The Morgan fingerprint density at radius 2 is 1.42 bits per heavy atom. The van der Waals surface area contributed by atoms with Crippen molar-refractivity contribution in [2.75, 3.05) is 4.90 Å². The number of anilines is 1. The van der Waals surface area contributed by atoms with Gasteiger partial charge in [-0.25, -0.2) is 4.90 Å². The van der Waals surface area contributed by atoms with E-state index in [0.717, 1.165) is 27.2 Å². The van der Waals surface area contributed by atoms with Crippen LogP contribution in [0.25, 0.3) is 0 Å². The molecule has 2 bridgehead atoms. The van der Waals surface area contributed by atoms with E-state index in [1.807, 2.05) is 48.5 Å². The standard InChI is InChI=1S/C26H18N2O5/c1-14(29)26-19-8-4-2-6-17(19)21(18-7-3-5-9-20(18)26)22-23(26)25(31)27(24(22)30)15-10-12-16(13-11-15)28(32)33/h2-13,21-23H,1H3/t21?,22-,23+,26?/m1/s1. The van der Waals surface area contributed by atoms with E-state index in [1.165, 1.54) is 31.2 Å². The van der Waals surface area contributed by atoms with Gasteiger partial charge >= 0.3 is 0 Å². The van der Waals surface area contributed by atoms with Crippen molar-refractivity contribution in [3.8, 4) is 0 Å². The number of non-ortho nitro benzene ring substituents is 1. The minimum atomic E-state index is -1.26. The fourth-order valence-corrected chi connectivity index (χ4v) is 6.35. The predicted molar refractivity (Wildman–Crippen MR) is 119 cm³/mol. The van der Waals surface area contributed by atoms with Crippen molar-refractivity contribution >= 4 is 29.0 Å². The van der Waals surface area contributed by atoms with Crippen LogP contribution in [-0.2, 0) is 19.8 Å². The third-order valence-corrected chi connectivity index (χ3v) is 7.49. The molecule has 3 aromatic rings. The largest absolute Gasteiger partial charge is 0.299 e. The number of nitrogens with zero attached hydrogens (tertiary/aromatic N) is 2. The Labute approximate surface area is 188 Å². The average molecular weight is 438 g/mol. The van der Waals surface area contributed by atoms with Crippen molar-refractivity contribution < 1.29 is 19.3 Å². The molecule has 0 aromatic heterocycles. The number of hydrogen-bond acceptors (Lipinski definition) is 5. The molecule has 0 unspecified atom stereocenters. The first kappa shape index (κ1) is 19.5. The maximum absolute atomic E-state index is 13.9. The van der Waals surface area contributed by atoms with Gasteiger partial charge in [-0.15, -0.1) is 0 Å². The molecule has 1 heterocycles. The molecule has 2 atom stereocenters. The fourth-order valence-electron chi connectivity index (χ4n) is 6.35. The smallest absolute Gasteiger partial charge is 0.269 e. The fraction of sp³-hybridized carbons (Fsp3) is 0.192. The molecule has 7 nitrogen and oxygen atoms in total. The molecule has 1 fully saturated rings. The van der Waals surface area contributed by atoms with Crippen LogP contribution in [0, 0.1) is 22.0 Å². The molecule has 162 valence electrons. The first-order valence-corrected chi connectivity index (χ1v) is 10.7. The number of Topliss-reactive ketones (excluding diaryl/α,β-unsaturated/α-hetero) is 1. The Morgan fingerprint density at radius 3 is 1.94 bits per heavy atom. The molecule has 7 rings (SSSR count). The maximum Gasteiger partial charge on any atom is 0.269 e. The minimum Gasteiger partial charge on any atom is -0.299 e. The van der Waals surface area contributed by atoms with Gasteiger partial charge in [-0.1, -0.05) is 48.5 Å². The van der Waals surface area contributed by atoms with E-state index in [1.54, 1.807) is 0 Å². The van der Waals surface area contributed by atoms with Crippen molar-refractivity contribution in [3.63, 3.8) is 0 Å². The van der Waals surface area contributed by atoms with Crippen LogP contribution in [0.3, 0.4) is 0 Å². The zero-order chi connectivity index (χ0) is 23.1. The third kappa shape index (κ3) is 2.21. The first-order chi connectivity index (χ1) is 15.9. The number of benzene rings is 3. The summed E-state index contributed by atoms with van der Waals surface area (Å²) in [4.78, 5) is 52.8. The molecule has 2 amide bonds. The van der Waals surface area contributed by atoms with Gasteiger partial charge in [0, 0.05) is 18.1 Å². The van der Waals surface area contributed by atoms with E-state index >= 15 is 0 Å². The highest BCUT2D eigenvalue weighted by Gasteiger charge is 2.69. The number of imide groups is 1. The molecule has 4 aliphatic rings. The highest BCUT2D eigenvalue weighted by molar-refractivity contribution is 6.25. The normalized spacial score (nSPS) is 26.6. The van der Waals surface area contributed by atoms with Crippen LogP contribution in [0.2, 0.25) is 0 Å². The van der Waals surface area contributed by atoms with Crippen LogP contribution in [0.4, 0.5) is 11.4 Å². The lowest BCUT2D eigenvalue weighted by Crippen LogP contribution is -2.57. The first-order valence-electron chi connectivity index (χ1n) is 10.7. The summed E-state index contributed by atoms with van der Waals surface area (Å²) in [6.45, 7) is 1.49. The summed E-state index contributed by atoms with van der Waals surface area (Å²) in [5.74, 6) is -2.93. The molecule has 7 heteroatoms. The number of ketones is 1. The number of amides is 2. The molecular weight excluding hydrogens is 420 g/mol. The summed E-state index contributed by atoms with van der Waals surface area (Å²) in [5.41, 5.74) is 2.27. The zero-order valence-corrected chi connectivity index (χ0v) is 17.6. The molecular formula is C26H18N2O5. The quantitative estimate of drug-likeness (QED) is 0.353. The second kappa shape index (κ2) is 6.45. The second-order valence-electron chi connectivity index (χ2n) is 8.81. The Balaban J connectivity index is 1.61. The Kier molecular flexibility index (Phi) is 3.82. The van der Waals surface area contributed by atoms with Gasteiger partial charge in [-0.3, -0.25) is 24.5 Å². The van der Waals surface area contributed by atoms with E-state index in [2.05, 4.69) is 0 Å². The van der Waals surface area contributed by atoms with Gasteiger partial charge in [0.2, 0.25) is 11.8 Å². The van der Waals surface area contributed by atoms with Gasteiger partial charge in [0.15, 0.2) is 0 Å². The lowest BCUT2D eigenvalue weighted by Gasteiger charge is -2.52. The van der Waals surface area contributed by atoms with Crippen LogP contribution in [0.15, 0.2) is 72.8 Å². The lowest BCUT2D eigenvalue weighted by atomic mass is 9.46. The van der Waals surface area contributed by atoms with E-state index in [9.17, 15) is 24.5 Å². The Hall–Kier alpha value is -4.13. The van der Waals surface area contributed by atoms with E-state index in [0.29, 0.717) is 0 Å². The van der Waals surface area contributed by atoms with Crippen LogP contribution >= 0.6 is 0 Å². The van der Waals surface area contributed by atoms with Gasteiger partial charge in [-0.05, 0) is 41.3 Å². The number of carbonyl (C=O) groups is 3. The van der Waals surface area contributed by atoms with Crippen molar-refractivity contribution in [3.05, 3.63) is 105 Å². The molecule has 33 heavy (non-hydrogen) atoms. The number of carbonyl (C=O) groups excluding carboxylic acids is 3. The van der Waals surface area contributed by atoms with Crippen molar-refractivity contribution in [1.82, 2.24) is 0 Å². The maximum atomic E-state index is 13.9. The van der Waals surface area contributed by atoms with Crippen molar-refractivity contribution in [2.45, 2.75) is 18.3 Å². The zero-order valence-electron chi connectivity index (χ0n) is 17.6. The second-order valence-corrected chi connectivity index (χ2v) is 8.81. The van der Waals surface area contributed by atoms with Crippen molar-refractivity contribution in [2.24, 2.45) is 11.8 Å². The van der Waals surface area contributed by atoms with Crippen molar-refractivity contribution in [1.29, 1.82) is 0 Å². The van der Waals surface area contributed by atoms with Crippen LogP contribution in [0.1, 0.15) is 35.1 Å². The van der Waals surface area contributed by atoms with E-state index in [4.69, 9.17) is 0 Å². The summed E-state index contributed by atoms with van der Waals surface area (Å²) >= 11 is 0.